The number of benzene rings is 1. The fourth-order valence-electron chi connectivity index (χ4n) is 4.43. The first kappa shape index (κ1) is 34.2. The van der Waals surface area contributed by atoms with Crippen LogP contribution in [0.15, 0.2) is 34.9 Å². The maximum atomic E-state index is 15.2. The van der Waals surface area contributed by atoms with Crippen LogP contribution < -0.4 is 0 Å². The summed E-state index contributed by atoms with van der Waals surface area (Å²) in [6.45, 7) is 0. The van der Waals surface area contributed by atoms with Gasteiger partial charge in [-0.25, -0.2) is 27.5 Å². The maximum Gasteiger partial charge on any atom is 0.436 e. The number of nitrogens with zero attached hydrogens (tertiary/aromatic N) is 7. The van der Waals surface area contributed by atoms with Gasteiger partial charge in [0.05, 0.1) is 51.1 Å². The van der Waals surface area contributed by atoms with Crippen molar-refractivity contribution in [3.63, 3.8) is 0 Å². The monoisotopic (exact) mass is 677 g/mol. The van der Waals surface area contributed by atoms with Crippen molar-refractivity contribution in [2.45, 2.75) is 12.4 Å². The maximum absolute atomic E-state index is 15.2. The highest BCUT2D eigenvalue weighted by Gasteiger charge is 2.47. The number of aromatic nitrogens is 2. The SMILES string of the molecule is N#CC(=C1C(=C(C#N)c2c(F)c(F)nc(C(F)(F)F)c2F)C1=C(C#N)c1c(F)c(F)nc(C(F)(F)F)c1F)c1ccc(C#N)cc1C#N. The molecular formula is C29H3F12N7. The molecule has 7 nitrogen and oxygen atoms in total. The number of pyridine rings is 2. The minimum atomic E-state index is -5.84. The van der Waals surface area contributed by atoms with Gasteiger partial charge in [-0.2, -0.15) is 61.4 Å². The van der Waals surface area contributed by atoms with E-state index in [1.54, 1.807) is 12.1 Å². The average Bonchev–Trinajstić information content (AvgIpc) is 3.73. The summed E-state index contributed by atoms with van der Waals surface area (Å²) in [5.41, 5.74) is -18.9. The largest absolute Gasteiger partial charge is 0.436 e. The molecule has 1 aliphatic carbocycles. The molecule has 0 N–H and O–H groups in total. The van der Waals surface area contributed by atoms with Gasteiger partial charge in [0.15, 0.2) is 34.7 Å². The first-order chi connectivity index (χ1) is 22.4. The van der Waals surface area contributed by atoms with Crippen LogP contribution in [0.4, 0.5) is 52.7 Å². The number of hydrogen-bond acceptors (Lipinski definition) is 7. The Balaban J connectivity index is 2.33. The quantitative estimate of drug-likeness (QED) is 0.160. The zero-order valence-electron chi connectivity index (χ0n) is 22.4. The van der Waals surface area contributed by atoms with E-state index < -0.39 is 115 Å². The van der Waals surface area contributed by atoms with E-state index >= 15 is 8.78 Å². The first-order valence-electron chi connectivity index (χ1n) is 12.0. The molecule has 0 amide bonds. The Morgan fingerprint density at radius 2 is 0.938 bits per heavy atom. The van der Waals surface area contributed by atoms with Gasteiger partial charge >= 0.3 is 12.4 Å². The molecule has 238 valence electrons. The van der Waals surface area contributed by atoms with Crippen molar-refractivity contribution in [2.24, 2.45) is 0 Å². The molecule has 3 aromatic rings. The minimum Gasteiger partial charge on any atom is -0.209 e. The van der Waals surface area contributed by atoms with E-state index in [2.05, 4.69) is 9.97 Å². The second-order valence-electron chi connectivity index (χ2n) is 9.07. The highest BCUT2D eigenvalue weighted by Crippen LogP contribution is 2.57. The molecule has 0 bridgehead atoms. The molecule has 4 rings (SSSR count). The normalized spacial score (nSPS) is 14.6. The van der Waals surface area contributed by atoms with Gasteiger partial charge in [0.25, 0.3) is 0 Å². The number of halogens is 12. The van der Waals surface area contributed by atoms with Gasteiger partial charge in [0.2, 0.25) is 11.9 Å². The van der Waals surface area contributed by atoms with E-state index in [9.17, 15) is 65.0 Å². The van der Waals surface area contributed by atoms with Gasteiger partial charge in [-0.3, -0.25) is 0 Å². The molecule has 2 aromatic heterocycles. The summed E-state index contributed by atoms with van der Waals surface area (Å²) in [7, 11) is 0. The molecular weight excluding hydrogens is 674 g/mol. The molecule has 1 aliphatic rings. The van der Waals surface area contributed by atoms with Crippen LogP contribution >= 0.6 is 0 Å². The Morgan fingerprint density at radius 3 is 1.27 bits per heavy atom. The number of nitriles is 5. The van der Waals surface area contributed by atoms with Crippen LogP contribution in [-0.2, 0) is 12.4 Å². The van der Waals surface area contributed by atoms with Gasteiger partial charge in [-0.15, -0.1) is 0 Å². The zero-order valence-corrected chi connectivity index (χ0v) is 22.4. The molecule has 2 heterocycles. The van der Waals surface area contributed by atoms with Crippen LogP contribution in [0.5, 0.6) is 0 Å². The first-order valence-corrected chi connectivity index (χ1v) is 12.0. The Hall–Kier alpha value is -6.65. The smallest absolute Gasteiger partial charge is 0.209 e. The van der Waals surface area contributed by atoms with Gasteiger partial charge in [0.1, 0.15) is 18.2 Å². The minimum absolute atomic E-state index is 0.206. The van der Waals surface area contributed by atoms with Crippen molar-refractivity contribution in [1.82, 2.24) is 9.97 Å². The third-order valence-electron chi connectivity index (χ3n) is 6.42. The van der Waals surface area contributed by atoms with Crippen LogP contribution in [0.25, 0.3) is 16.7 Å². The lowest BCUT2D eigenvalue weighted by Gasteiger charge is -2.11. The van der Waals surface area contributed by atoms with E-state index in [0.717, 1.165) is 30.3 Å². The standard InChI is InChI=1S/C29H3F12N7/c30-20-18(22(32)26(34)47-24(20)28(36,37)38)13(7-45)16-15(12(6-44)11-2-1-9(4-42)3-10(11)5-43)17(16)14(8-46)19-21(31)25(29(39,40)41)48-27(35)23(19)33/h1-3H. The topological polar surface area (TPSA) is 145 Å². The lowest BCUT2D eigenvalue weighted by molar-refractivity contribution is -0.145. The van der Waals surface area contributed by atoms with Crippen molar-refractivity contribution in [2.75, 3.05) is 0 Å². The summed E-state index contributed by atoms with van der Waals surface area (Å²) >= 11 is 0. The lowest BCUT2D eigenvalue weighted by Crippen LogP contribution is -2.16. The summed E-state index contributed by atoms with van der Waals surface area (Å²) in [6.07, 6.45) is -11.7. The molecule has 0 unspecified atom stereocenters. The van der Waals surface area contributed by atoms with E-state index in [1.165, 1.54) is 6.07 Å². The van der Waals surface area contributed by atoms with Gasteiger partial charge < -0.3 is 0 Å². The third-order valence-corrected chi connectivity index (χ3v) is 6.42. The molecule has 0 saturated heterocycles. The fraction of sp³-hybridized carbons (Fsp3) is 0.0690. The van der Waals surface area contributed by atoms with Crippen LogP contribution in [0.3, 0.4) is 0 Å². The molecule has 19 heteroatoms. The van der Waals surface area contributed by atoms with E-state index in [-0.39, 0.29) is 5.56 Å². The third kappa shape index (κ3) is 5.52. The molecule has 0 radical (unpaired) electrons. The number of rotatable bonds is 3. The van der Waals surface area contributed by atoms with Crippen LogP contribution in [0, 0.1) is 91.8 Å². The molecule has 1 saturated carbocycles. The van der Waals surface area contributed by atoms with Gasteiger partial charge in [-0.05, 0) is 12.1 Å². The Bertz CT molecular complexity index is 2170. The Kier molecular flexibility index (Phi) is 8.51. The molecule has 1 fully saturated rings. The lowest BCUT2D eigenvalue weighted by atomic mass is 9.97. The Morgan fingerprint density at radius 1 is 0.542 bits per heavy atom. The predicted molar refractivity (Wildman–Crippen MR) is 132 cm³/mol. The molecule has 48 heavy (non-hydrogen) atoms. The average molecular weight is 677 g/mol. The molecule has 0 atom stereocenters. The van der Waals surface area contributed by atoms with Crippen molar-refractivity contribution in [3.05, 3.63) is 109 Å². The van der Waals surface area contributed by atoms with E-state index in [1.807, 2.05) is 0 Å². The van der Waals surface area contributed by atoms with E-state index in [0.29, 0.717) is 0 Å². The van der Waals surface area contributed by atoms with Crippen molar-refractivity contribution >= 4 is 16.7 Å². The summed E-state index contributed by atoms with van der Waals surface area (Å²) < 4.78 is 169. The zero-order chi connectivity index (χ0) is 36.0. The summed E-state index contributed by atoms with van der Waals surface area (Å²) in [6, 6.07) is 9.29. The summed E-state index contributed by atoms with van der Waals surface area (Å²) in [5, 5.41) is 48.4. The van der Waals surface area contributed by atoms with Crippen LogP contribution in [-0.4, -0.2) is 9.97 Å². The predicted octanol–water partition coefficient (Wildman–Crippen LogP) is 7.34. The molecule has 1 aromatic carbocycles. The summed E-state index contributed by atoms with van der Waals surface area (Å²) in [5.74, 6) is -15.9. The number of hydrogen-bond donors (Lipinski definition) is 0. The van der Waals surface area contributed by atoms with Gasteiger partial charge in [0, 0.05) is 22.3 Å². The van der Waals surface area contributed by atoms with Crippen molar-refractivity contribution in [1.29, 1.82) is 26.3 Å². The second kappa shape index (κ2) is 11.9. The highest BCUT2D eigenvalue weighted by molar-refractivity contribution is 6.12. The van der Waals surface area contributed by atoms with Crippen LogP contribution in [0.2, 0.25) is 0 Å². The number of alkyl halides is 6. The van der Waals surface area contributed by atoms with E-state index in [4.69, 9.17) is 5.26 Å². The van der Waals surface area contributed by atoms with Crippen LogP contribution in [0.1, 0.15) is 39.2 Å². The Labute approximate surface area is 258 Å². The second-order valence-corrected chi connectivity index (χ2v) is 9.07. The molecule has 0 spiro atoms. The number of allylic oxidation sites excluding steroid dienone is 6. The highest BCUT2D eigenvalue weighted by atomic mass is 19.4. The van der Waals surface area contributed by atoms with Crippen molar-refractivity contribution in [3.8, 4) is 30.3 Å². The summed E-state index contributed by atoms with van der Waals surface area (Å²) in [4.78, 5) is 4.24. The van der Waals surface area contributed by atoms with Crippen molar-refractivity contribution < 1.29 is 52.7 Å². The fourth-order valence-corrected chi connectivity index (χ4v) is 4.43. The van der Waals surface area contributed by atoms with Gasteiger partial charge in [-0.1, -0.05) is 6.07 Å². The molecule has 0 aliphatic heterocycles.